The predicted octanol–water partition coefficient (Wildman–Crippen LogP) is 2.71. The normalized spacial score (nSPS) is 14.8. The van der Waals surface area contributed by atoms with Gasteiger partial charge in [0.1, 0.15) is 0 Å². The minimum absolute atomic E-state index is 0.898. The van der Waals surface area contributed by atoms with Crippen molar-refractivity contribution >= 4 is 11.3 Å². The molecule has 3 aromatic rings. The van der Waals surface area contributed by atoms with Crippen molar-refractivity contribution in [3.8, 4) is 5.69 Å². The summed E-state index contributed by atoms with van der Waals surface area (Å²) >= 11 is 1.89. The lowest BCUT2D eigenvalue weighted by Gasteiger charge is -2.26. The molecule has 3 heterocycles. The molecule has 2 aromatic heterocycles. The molecule has 1 aliphatic rings. The van der Waals surface area contributed by atoms with E-state index >= 15 is 0 Å². The van der Waals surface area contributed by atoms with Crippen molar-refractivity contribution in [2.24, 2.45) is 0 Å². The van der Waals surface area contributed by atoms with E-state index in [1.165, 1.54) is 12.0 Å². The summed E-state index contributed by atoms with van der Waals surface area (Å²) in [4.78, 5) is 4.10. The van der Waals surface area contributed by atoms with Crippen LogP contribution in [0.3, 0.4) is 0 Å². The average Bonchev–Trinajstić information content (AvgIpc) is 3.24. The van der Waals surface area contributed by atoms with Gasteiger partial charge in [0.15, 0.2) is 5.82 Å². The van der Waals surface area contributed by atoms with Gasteiger partial charge in [0.25, 0.3) is 0 Å². The molecule has 0 amide bonds. The van der Waals surface area contributed by atoms with E-state index in [0.717, 1.165) is 44.0 Å². The lowest BCUT2D eigenvalue weighted by Crippen LogP contribution is -2.30. The molecule has 4 rings (SSSR count). The molecular weight excluding hydrogens is 306 g/mol. The Kier molecular flexibility index (Phi) is 4.17. The SMILES string of the molecule is c1ccc(-n2nnnc2CCCN2CCc3sccc3C2)cc1. The highest BCUT2D eigenvalue weighted by Crippen LogP contribution is 2.24. The maximum atomic E-state index is 4.19. The van der Waals surface area contributed by atoms with Crippen LogP contribution in [0, 0.1) is 0 Å². The van der Waals surface area contributed by atoms with Gasteiger partial charge in [0.2, 0.25) is 0 Å². The molecule has 0 radical (unpaired) electrons. The van der Waals surface area contributed by atoms with E-state index in [4.69, 9.17) is 0 Å². The van der Waals surface area contributed by atoms with Gasteiger partial charge in [-0.2, -0.15) is 4.68 Å². The number of para-hydroxylation sites is 1. The van der Waals surface area contributed by atoms with E-state index in [-0.39, 0.29) is 0 Å². The standard InChI is InChI=1S/C17H19N5S/c1-2-5-15(6-3-1)22-17(18-19-20-22)7-4-10-21-11-8-16-14(13-21)9-12-23-16/h1-3,5-6,9,12H,4,7-8,10-11,13H2. The molecule has 0 saturated heterocycles. The molecule has 0 bridgehead atoms. The van der Waals surface area contributed by atoms with Crippen LogP contribution in [0.15, 0.2) is 41.8 Å². The second-order valence-electron chi connectivity index (χ2n) is 5.84. The summed E-state index contributed by atoms with van der Waals surface area (Å²) in [5.41, 5.74) is 2.53. The molecule has 0 spiro atoms. The number of aromatic nitrogens is 4. The smallest absolute Gasteiger partial charge is 0.156 e. The molecular formula is C17H19N5S. The maximum absolute atomic E-state index is 4.19. The largest absolute Gasteiger partial charge is 0.299 e. The van der Waals surface area contributed by atoms with Crippen LogP contribution in [0.5, 0.6) is 0 Å². The summed E-state index contributed by atoms with van der Waals surface area (Å²) in [7, 11) is 0. The van der Waals surface area contributed by atoms with Gasteiger partial charge in [-0.1, -0.05) is 18.2 Å². The summed E-state index contributed by atoms with van der Waals surface area (Å²) in [6.45, 7) is 3.34. The predicted molar refractivity (Wildman–Crippen MR) is 90.8 cm³/mol. The van der Waals surface area contributed by atoms with Crippen molar-refractivity contribution in [3.63, 3.8) is 0 Å². The van der Waals surface area contributed by atoms with Gasteiger partial charge in [-0.3, -0.25) is 4.90 Å². The van der Waals surface area contributed by atoms with Gasteiger partial charge >= 0.3 is 0 Å². The topological polar surface area (TPSA) is 46.8 Å². The van der Waals surface area contributed by atoms with Gasteiger partial charge in [-0.15, -0.1) is 16.4 Å². The number of benzene rings is 1. The third-order valence-corrected chi connectivity index (χ3v) is 5.32. The molecule has 0 atom stereocenters. The van der Waals surface area contributed by atoms with Crippen LogP contribution in [0.25, 0.3) is 5.69 Å². The monoisotopic (exact) mass is 325 g/mol. The van der Waals surface area contributed by atoms with Gasteiger partial charge in [-0.05, 0) is 59.0 Å². The first-order valence-electron chi connectivity index (χ1n) is 8.00. The van der Waals surface area contributed by atoms with Gasteiger partial charge in [0.05, 0.1) is 5.69 Å². The molecule has 0 fully saturated rings. The fourth-order valence-electron chi connectivity index (χ4n) is 3.09. The van der Waals surface area contributed by atoms with E-state index in [1.54, 1.807) is 4.88 Å². The molecule has 118 valence electrons. The quantitative estimate of drug-likeness (QED) is 0.724. The summed E-state index contributed by atoms with van der Waals surface area (Å²) in [6.07, 6.45) is 3.16. The molecule has 1 aromatic carbocycles. The Bertz CT molecular complexity index is 764. The highest BCUT2D eigenvalue weighted by atomic mass is 32.1. The molecule has 0 unspecified atom stereocenters. The van der Waals surface area contributed by atoms with Gasteiger partial charge < -0.3 is 0 Å². The Morgan fingerprint density at radius 3 is 2.96 bits per heavy atom. The number of hydrogen-bond acceptors (Lipinski definition) is 5. The number of thiophene rings is 1. The Balaban J connectivity index is 1.35. The van der Waals surface area contributed by atoms with E-state index in [9.17, 15) is 0 Å². The lowest BCUT2D eigenvalue weighted by atomic mass is 10.1. The number of tetrazole rings is 1. The second kappa shape index (κ2) is 6.60. The Hall–Kier alpha value is -2.05. The molecule has 23 heavy (non-hydrogen) atoms. The fraction of sp³-hybridized carbons (Fsp3) is 0.353. The van der Waals surface area contributed by atoms with Crippen molar-refractivity contribution in [1.82, 2.24) is 25.1 Å². The van der Waals surface area contributed by atoms with Crippen LogP contribution >= 0.6 is 11.3 Å². The van der Waals surface area contributed by atoms with Crippen LogP contribution < -0.4 is 0 Å². The first-order chi connectivity index (χ1) is 11.4. The minimum atomic E-state index is 0.898. The number of nitrogens with zero attached hydrogens (tertiary/aromatic N) is 5. The van der Waals surface area contributed by atoms with Crippen LogP contribution in [0.2, 0.25) is 0 Å². The Labute approximate surface area is 139 Å². The summed E-state index contributed by atoms with van der Waals surface area (Å²) in [5.74, 6) is 0.935. The van der Waals surface area contributed by atoms with E-state index in [2.05, 4.69) is 31.9 Å². The van der Waals surface area contributed by atoms with Crippen LogP contribution in [0.1, 0.15) is 22.7 Å². The summed E-state index contributed by atoms with van der Waals surface area (Å²) in [5, 5.41) is 14.4. The molecule has 5 nitrogen and oxygen atoms in total. The third-order valence-electron chi connectivity index (χ3n) is 4.30. The number of hydrogen-bond donors (Lipinski definition) is 0. The van der Waals surface area contributed by atoms with Crippen molar-refractivity contribution in [2.75, 3.05) is 13.1 Å². The Morgan fingerprint density at radius 2 is 2.04 bits per heavy atom. The van der Waals surface area contributed by atoms with Crippen LogP contribution in [-0.2, 0) is 19.4 Å². The van der Waals surface area contributed by atoms with Crippen LogP contribution in [-0.4, -0.2) is 38.2 Å². The average molecular weight is 325 g/mol. The fourth-order valence-corrected chi connectivity index (χ4v) is 3.98. The summed E-state index contributed by atoms with van der Waals surface area (Å²) < 4.78 is 1.84. The van der Waals surface area contributed by atoms with Gasteiger partial charge in [0, 0.05) is 24.4 Å². The zero-order valence-electron chi connectivity index (χ0n) is 12.9. The highest BCUT2D eigenvalue weighted by Gasteiger charge is 2.17. The molecule has 1 aliphatic heterocycles. The molecule has 0 N–H and O–H groups in total. The van der Waals surface area contributed by atoms with E-state index in [0.29, 0.717) is 0 Å². The van der Waals surface area contributed by atoms with Crippen molar-refractivity contribution in [1.29, 1.82) is 0 Å². The first-order valence-corrected chi connectivity index (χ1v) is 8.88. The molecule has 0 aliphatic carbocycles. The molecule has 0 saturated carbocycles. The second-order valence-corrected chi connectivity index (χ2v) is 6.84. The summed E-state index contributed by atoms with van der Waals surface area (Å²) in [6, 6.07) is 12.3. The van der Waals surface area contributed by atoms with Crippen molar-refractivity contribution < 1.29 is 0 Å². The van der Waals surface area contributed by atoms with Crippen LogP contribution in [0.4, 0.5) is 0 Å². The third kappa shape index (κ3) is 3.18. The first kappa shape index (κ1) is 14.5. The Morgan fingerprint density at radius 1 is 1.13 bits per heavy atom. The van der Waals surface area contributed by atoms with E-state index < -0.39 is 0 Å². The van der Waals surface area contributed by atoms with Crippen molar-refractivity contribution in [3.05, 3.63) is 58.0 Å². The van der Waals surface area contributed by atoms with Crippen molar-refractivity contribution in [2.45, 2.75) is 25.8 Å². The number of aryl methyl sites for hydroxylation is 1. The number of fused-ring (bicyclic) bond motifs is 1. The van der Waals surface area contributed by atoms with E-state index in [1.807, 2.05) is 46.4 Å². The maximum Gasteiger partial charge on any atom is 0.156 e. The zero-order valence-corrected chi connectivity index (χ0v) is 13.7. The zero-order chi connectivity index (χ0) is 15.5. The molecule has 6 heteroatoms. The minimum Gasteiger partial charge on any atom is -0.299 e. The lowest BCUT2D eigenvalue weighted by molar-refractivity contribution is 0.252. The van der Waals surface area contributed by atoms with Gasteiger partial charge in [-0.25, -0.2) is 0 Å². The number of rotatable bonds is 5. The highest BCUT2D eigenvalue weighted by molar-refractivity contribution is 7.10.